The van der Waals surface area contributed by atoms with Crippen LogP contribution in [0.5, 0.6) is 11.6 Å². The summed E-state index contributed by atoms with van der Waals surface area (Å²) in [5.41, 5.74) is 2.68. The number of fused-ring (bicyclic) bond motifs is 2. The topological polar surface area (TPSA) is 78.3 Å². The summed E-state index contributed by atoms with van der Waals surface area (Å²) in [7, 11) is 1.81. The highest BCUT2D eigenvalue weighted by Gasteiger charge is 2.15. The van der Waals surface area contributed by atoms with Gasteiger partial charge in [0.2, 0.25) is 5.88 Å². The molecular formula is C23H24N4O3. The molecule has 0 atom stereocenters. The highest BCUT2D eigenvalue weighted by Crippen LogP contribution is 2.27. The van der Waals surface area contributed by atoms with Crippen molar-refractivity contribution in [1.82, 2.24) is 20.1 Å². The van der Waals surface area contributed by atoms with Gasteiger partial charge in [0.05, 0.1) is 11.9 Å². The Kier molecular flexibility index (Phi) is 5.52. The maximum Gasteiger partial charge on any atom is 0.258 e. The predicted octanol–water partition coefficient (Wildman–Crippen LogP) is 3.31. The molecule has 154 valence electrons. The van der Waals surface area contributed by atoms with Crippen molar-refractivity contribution in [3.63, 3.8) is 0 Å². The molecule has 2 aromatic heterocycles. The number of rotatable bonds is 7. The number of carbonyl (C=O) groups is 1. The number of carbonyl (C=O) groups excluding carboxylic acids is 1. The van der Waals surface area contributed by atoms with Crippen molar-refractivity contribution in [2.45, 2.75) is 13.8 Å². The van der Waals surface area contributed by atoms with E-state index in [2.05, 4.69) is 15.4 Å². The molecule has 0 saturated carbocycles. The summed E-state index contributed by atoms with van der Waals surface area (Å²) < 4.78 is 13.2. The van der Waals surface area contributed by atoms with Crippen molar-refractivity contribution in [2.24, 2.45) is 7.05 Å². The lowest BCUT2D eigenvalue weighted by molar-refractivity contribution is -0.123. The van der Waals surface area contributed by atoms with Crippen LogP contribution in [-0.4, -0.2) is 40.4 Å². The molecule has 0 aliphatic rings. The van der Waals surface area contributed by atoms with Gasteiger partial charge in [-0.1, -0.05) is 36.4 Å². The van der Waals surface area contributed by atoms with Crippen LogP contribution in [0, 0.1) is 13.8 Å². The Morgan fingerprint density at radius 2 is 1.90 bits per heavy atom. The maximum absolute atomic E-state index is 12.2. The molecule has 0 aliphatic carbocycles. The molecule has 4 rings (SSSR count). The highest BCUT2D eigenvalue weighted by atomic mass is 16.5. The Morgan fingerprint density at radius 1 is 1.10 bits per heavy atom. The van der Waals surface area contributed by atoms with Crippen molar-refractivity contribution in [2.75, 3.05) is 19.8 Å². The largest absolute Gasteiger partial charge is 0.491 e. The fourth-order valence-corrected chi connectivity index (χ4v) is 3.51. The van der Waals surface area contributed by atoms with E-state index in [1.165, 1.54) is 0 Å². The monoisotopic (exact) mass is 404 g/mol. The van der Waals surface area contributed by atoms with E-state index in [0.29, 0.717) is 19.0 Å². The molecule has 0 fully saturated rings. The van der Waals surface area contributed by atoms with Crippen LogP contribution in [0.2, 0.25) is 0 Å². The zero-order valence-electron chi connectivity index (χ0n) is 17.3. The minimum absolute atomic E-state index is 0.117. The first-order valence-electron chi connectivity index (χ1n) is 9.84. The van der Waals surface area contributed by atoms with E-state index in [9.17, 15) is 4.79 Å². The first-order chi connectivity index (χ1) is 14.5. The smallest absolute Gasteiger partial charge is 0.258 e. The summed E-state index contributed by atoms with van der Waals surface area (Å²) in [6.07, 6.45) is 0. The van der Waals surface area contributed by atoms with E-state index in [4.69, 9.17) is 9.47 Å². The first kappa shape index (κ1) is 19.7. The van der Waals surface area contributed by atoms with Crippen molar-refractivity contribution in [1.29, 1.82) is 0 Å². The van der Waals surface area contributed by atoms with Crippen LogP contribution < -0.4 is 14.8 Å². The Hall–Kier alpha value is -3.61. The molecule has 0 unspecified atom stereocenters. The lowest BCUT2D eigenvalue weighted by Crippen LogP contribution is -2.32. The molecule has 2 heterocycles. The van der Waals surface area contributed by atoms with Gasteiger partial charge in [-0.25, -0.2) is 9.67 Å². The van der Waals surface area contributed by atoms with Gasteiger partial charge in [0.25, 0.3) is 5.91 Å². The van der Waals surface area contributed by atoms with Gasteiger partial charge in [0.1, 0.15) is 12.4 Å². The number of ether oxygens (including phenoxy) is 2. The number of benzene rings is 2. The molecule has 0 spiro atoms. The highest BCUT2D eigenvalue weighted by molar-refractivity contribution is 5.88. The average Bonchev–Trinajstić information content (AvgIpc) is 3.05. The molecule has 7 nitrogen and oxygen atoms in total. The van der Waals surface area contributed by atoms with Crippen LogP contribution in [-0.2, 0) is 11.8 Å². The van der Waals surface area contributed by atoms with Crippen molar-refractivity contribution in [3.8, 4) is 11.6 Å². The van der Waals surface area contributed by atoms with Crippen LogP contribution in [0.4, 0.5) is 0 Å². The number of aromatic nitrogens is 3. The van der Waals surface area contributed by atoms with Crippen LogP contribution in [0.3, 0.4) is 0 Å². The van der Waals surface area contributed by atoms with E-state index >= 15 is 0 Å². The van der Waals surface area contributed by atoms with E-state index in [1.54, 1.807) is 4.68 Å². The van der Waals surface area contributed by atoms with Gasteiger partial charge in [0, 0.05) is 18.1 Å². The summed E-state index contributed by atoms with van der Waals surface area (Å²) in [5, 5.41) is 10.2. The van der Waals surface area contributed by atoms with Crippen molar-refractivity contribution >= 4 is 27.7 Å². The van der Waals surface area contributed by atoms with Gasteiger partial charge in [-0.2, -0.15) is 0 Å². The molecule has 0 radical (unpaired) electrons. The van der Waals surface area contributed by atoms with E-state index in [-0.39, 0.29) is 12.5 Å². The number of nitrogens with one attached hydrogen (secondary N) is 1. The molecule has 7 heteroatoms. The second-order valence-corrected chi connectivity index (χ2v) is 7.17. The number of nitrogens with zero attached hydrogens (tertiary/aromatic N) is 3. The number of hydrogen-bond acceptors (Lipinski definition) is 5. The zero-order chi connectivity index (χ0) is 21.1. The van der Waals surface area contributed by atoms with Gasteiger partial charge >= 0.3 is 0 Å². The maximum atomic E-state index is 12.2. The van der Waals surface area contributed by atoms with E-state index < -0.39 is 0 Å². The van der Waals surface area contributed by atoms with Crippen LogP contribution in [0.1, 0.15) is 11.3 Å². The molecule has 0 aliphatic heterocycles. The molecule has 1 amide bonds. The Labute approximate surface area is 174 Å². The lowest BCUT2D eigenvalue weighted by Gasteiger charge is -2.10. The number of amides is 1. The zero-order valence-corrected chi connectivity index (χ0v) is 17.3. The molecule has 1 N–H and O–H groups in total. The molecule has 4 aromatic rings. The number of aryl methyl sites for hydroxylation is 3. The van der Waals surface area contributed by atoms with Gasteiger partial charge < -0.3 is 14.8 Å². The number of hydrogen-bond donors (Lipinski definition) is 1. The van der Waals surface area contributed by atoms with Crippen LogP contribution >= 0.6 is 0 Å². The van der Waals surface area contributed by atoms with Crippen molar-refractivity contribution < 1.29 is 14.3 Å². The Bertz CT molecular complexity index is 1210. The Balaban J connectivity index is 1.30. The third-order valence-electron chi connectivity index (χ3n) is 4.86. The SMILES string of the molecule is Cc1cc(C)c2c(OCC(=O)NCCOc3cccc4ccccc34)nn(C)c2n1. The molecule has 2 aromatic carbocycles. The Morgan fingerprint density at radius 3 is 2.77 bits per heavy atom. The minimum atomic E-state index is -0.229. The second-order valence-electron chi connectivity index (χ2n) is 7.17. The molecular weight excluding hydrogens is 380 g/mol. The molecule has 0 saturated heterocycles. The predicted molar refractivity (Wildman–Crippen MR) is 116 cm³/mol. The fraction of sp³-hybridized carbons (Fsp3) is 0.261. The van der Waals surface area contributed by atoms with Gasteiger partial charge in [-0.3, -0.25) is 4.79 Å². The normalized spacial score (nSPS) is 11.0. The van der Waals surface area contributed by atoms with E-state index in [1.807, 2.05) is 69.4 Å². The van der Waals surface area contributed by atoms with Gasteiger partial charge in [-0.15, -0.1) is 5.10 Å². The van der Waals surface area contributed by atoms with Crippen LogP contribution in [0.15, 0.2) is 48.5 Å². The minimum Gasteiger partial charge on any atom is -0.491 e. The summed E-state index contributed by atoms with van der Waals surface area (Å²) >= 11 is 0. The summed E-state index contributed by atoms with van der Waals surface area (Å²) in [6.45, 7) is 4.56. The lowest BCUT2D eigenvalue weighted by atomic mass is 10.1. The summed E-state index contributed by atoms with van der Waals surface area (Å²) in [6, 6.07) is 15.9. The van der Waals surface area contributed by atoms with Crippen molar-refractivity contribution in [3.05, 3.63) is 59.8 Å². The quantitative estimate of drug-likeness (QED) is 0.478. The first-order valence-corrected chi connectivity index (χ1v) is 9.84. The fourth-order valence-electron chi connectivity index (χ4n) is 3.51. The van der Waals surface area contributed by atoms with Gasteiger partial charge in [-0.05, 0) is 36.9 Å². The summed E-state index contributed by atoms with van der Waals surface area (Å²) in [4.78, 5) is 16.7. The van der Waals surface area contributed by atoms with Crippen LogP contribution in [0.25, 0.3) is 21.8 Å². The number of pyridine rings is 1. The summed E-state index contributed by atoms with van der Waals surface area (Å²) in [5.74, 6) is 0.990. The van der Waals surface area contributed by atoms with Gasteiger partial charge in [0.15, 0.2) is 12.3 Å². The molecule has 0 bridgehead atoms. The van der Waals surface area contributed by atoms with E-state index in [0.717, 1.165) is 38.8 Å². The average molecular weight is 404 g/mol. The third kappa shape index (κ3) is 4.05. The molecule has 30 heavy (non-hydrogen) atoms. The second kappa shape index (κ2) is 8.41. The standard InChI is InChI=1S/C23H24N4O3/c1-15-13-16(2)25-22-21(15)23(26-27(22)3)30-14-20(28)24-11-12-29-19-10-6-8-17-7-4-5-9-18(17)19/h4-10,13H,11-12,14H2,1-3H3,(H,24,28). The third-order valence-corrected chi connectivity index (χ3v) is 4.86.